The largest absolute Gasteiger partial charge is 0.462 e. The highest BCUT2D eigenvalue weighted by Crippen LogP contribution is 2.16. The lowest BCUT2D eigenvalue weighted by Gasteiger charge is -2.18. The molecule has 0 aromatic rings. The average molecular weight is 1000 g/mol. The molecule has 72 heavy (non-hydrogen) atoms. The number of hydrogen-bond acceptors (Lipinski definition) is 6. The van der Waals surface area contributed by atoms with Crippen LogP contribution in [0.5, 0.6) is 0 Å². The van der Waals surface area contributed by atoms with Crippen molar-refractivity contribution in [1.29, 1.82) is 0 Å². The zero-order valence-electron chi connectivity index (χ0n) is 47.4. The van der Waals surface area contributed by atoms with E-state index in [1.54, 1.807) is 0 Å². The fraction of sp³-hybridized carbons (Fsp3) is 0.742. The summed E-state index contributed by atoms with van der Waals surface area (Å²) in [6, 6.07) is 0. The molecule has 0 saturated carbocycles. The van der Waals surface area contributed by atoms with Crippen molar-refractivity contribution in [2.75, 3.05) is 13.2 Å². The molecule has 6 heteroatoms. The molecule has 0 fully saturated rings. The van der Waals surface area contributed by atoms with Gasteiger partial charge in [-0.05, 0) is 96.3 Å². The minimum Gasteiger partial charge on any atom is -0.462 e. The Morgan fingerprint density at radius 1 is 0.292 bits per heavy atom. The summed E-state index contributed by atoms with van der Waals surface area (Å²) in [5.41, 5.74) is 0. The lowest BCUT2D eigenvalue weighted by molar-refractivity contribution is -0.167. The van der Waals surface area contributed by atoms with Crippen molar-refractivity contribution in [2.45, 2.75) is 303 Å². The van der Waals surface area contributed by atoms with Gasteiger partial charge in [-0.2, -0.15) is 0 Å². The van der Waals surface area contributed by atoms with Gasteiger partial charge >= 0.3 is 17.9 Å². The Balaban J connectivity index is 4.25. The van der Waals surface area contributed by atoms with Gasteiger partial charge in [-0.15, -0.1) is 0 Å². The SMILES string of the molecule is CC/C=C\C/C=C\C/C=C\C/C=C\C/C=C\C/C=C\CCCCCCCCCCC(=O)OCC(COC(=O)CCCCCCCCCCC)OC(=O)CCCCCCCCC/C=C\CCCCCCCCC. The first-order chi connectivity index (χ1) is 35.5. The summed E-state index contributed by atoms with van der Waals surface area (Å²) in [6.07, 6.45) is 78.7. The van der Waals surface area contributed by atoms with Crippen LogP contribution in [0.15, 0.2) is 85.1 Å². The van der Waals surface area contributed by atoms with Gasteiger partial charge in [0.15, 0.2) is 6.10 Å². The molecule has 1 unspecified atom stereocenters. The number of allylic oxidation sites excluding steroid dienone is 14. The average Bonchev–Trinajstić information content (AvgIpc) is 3.38. The summed E-state index contributed by atoms with van der Waals surface area (Å²) >= 11 is 0. The molecule has 0 aliphatic heterocycles. The summed E-state index contributed by atoms with van der Waals surface area (Å²) in [5, 5.41) is 0. The number of ether oxygens (including phenoxy) is 3. The van der Waals surface area contributed by atoms with E-state index in [1.165, 1.54) is 154 Å². The first-order valence-electron chi connectivity index (χ1n) is 30.6. The van der Waals surface area contributed by atoms with Gasteiger partial charge in [0.25, 0.3) is 0 Å². The summed E-state index contributed by atoms with van der Waals surface area (Å²) < 4.78 is 16.9. The zero-order chi connectivity index (χ0) is 52.2. The molecule has 0 aliphatic carbocycles. The Hall–Kier alpha value is -3.41. The second-order valence-electron chi connectivity index (χ2n) is 20.2. The fourth-order valence-electron chi connectivity index (χ4n) is 8.56. The lowest BCUT2D eigenvalue weighted by Crippen LogP contribution is -2.30. The Morgan fingerprint density at radius 3 is 0.861 bits per heavy atom. The van der Waals surface area contributed by atoms with E-state index >= 15 is 0 Å². The number of unbranched alkanes of at least 4 members (excludes halogenated alkanes) is 30. The summed E-state index contributed by atoms with van der Waals surface area (Å²) in [4.78, 5) is 38.1. The maximum Gasteiger partial charge on any atom is 0.306 e. The molecule has 0 heterocycles. The minimum absolute atomic E-state index is 0.0784. The van der Waals surface area contributed by atoms with Crippen LogP contribution in [0.4, 0.5) is 0 Å². The van der Waals surface area contributed by atoms with E-state index in [2.05, 4.69) is 106 Å². The van der Waals surface area contributed by atoms with Crippen LogP contribution in [-0.2, 0) is 28.6 Å². The number of carbonyl (C=O) groups excluding carboxylic acids is 3. The smallest absolute Gasteiger partial charge is 0.306 e. The van der Waals surface area contributed by atoms with E-state index < -0.39 is 6.10 Å². The molecule has 0 N–H and O–H groups in total. The van der Waals surface area contributed by atoms with Crippen LogP contribution in [0.3, 0.4) is 0 Å². The maximum atomic E-state index is 12.9. The highest BCUT2D eigenvalue weighted by atomic mass is 16.6. The van der Waals surface area contributed by atoms with Crippen molar-refractivity contribution in [3.05, 3.63) is 85.1 Å². The normalized spacial score (nSPS) is 12.7. The molecular formula is C66H114O6. The van der Waals surface area contributed by atoms with Crippen LogP contribution < -0.4 is 0 Å². The molecule has 6 nitrogen and oxygen atoms in total. The Morgan fingerprint density at radius 2 is 0.542 bits per heavy atom. The molecular weight excluding hydrogens is 889 g/mol. The first-order valence-corrected chi connectivity index (χ1v) is 30.6. The standard InChI is InChI=1S/C66H114O6/c1-4-7-10-13-16-19-21-23-25-27-29-30-31-32-33-34-35-36-37-39-40-42-44-47-50-53-56-59-65(68)71-62-63(61-70-64(67)58-55-52-49-46-18-15-12-9-6-3)72-66(69)60-57-54-51-48-45-43-41-38-28-26-24-22-20-17-14-11-8-5-2/h7,10,16,19,23,25-26,28-30,32-33,35-36,63H,4-6,8-9,11-15,17-18,20-22,24,27,31,34,37-62H2,1-3H3/b10-7-,19-16-,25-23-,28-26-,30-29-,33-32-,36-35-. The van der Waals surface area contributed by atoms with Crippen molar-refractivity contribution >= 4 is 17.9 Å². The van der Waals surface area contributed by atoms with Crippen LogP contribution in [-0.4, -0.2) is 37.2 Å². The van der Waals surface area contributed by atoms with Crippen molar-refractivity contribution in [3.63, 3.8) is 0 Å². The highest BCUT2D eigenvalue weighted by molar-refractivity contribution is 5.71. The Kier molecular flexibility index (Phi) is 57.3. The number of rotatable bonds is 55. The number of hydrogen-bond donors (Lipinski definition) is 0. The van der Waals surface area contributed by atoms with Gasteiger partial charge in [0.1, 0.15) is 13.2 Å². The van der Waals surface area contributed by atoms with E-state index in [1.807, 2.05) is 0 Å². The monoisotopic (exact) mass is 1000 g/mol. The molecule has 0 saturated heterocycles. The van der Waals surface area contributed by atoms with Gasteiger partial charge in [-0.1, -0.05) is 266 Å². The van der Waals surface area contributed by atoms with Crippen molar-refractivity contribution in [2.24, 2.45) is 0 Å². The third kappa shape index (κ3) is 57.5. The molecule has 0 spiro atoms. The topological polar surface area (TPSA) is 78.9 Å². The zero-order valence-corrected chi connectivity index (χ0v) is 47.4. The highest BCUT2D eigenvalue weighted by Gasteiger charge is 2.19. The second-order valence-corrected chi connectivity index (χ2v) is 20.2. The van der Waals surface area contributed by atoms with Crippen LogP contribution in [0.1, 0.15) is 297 Å². The van der Waals surface area contributed by atoms with Crippen molar-refractivity contribution in [1.82, 2.24) is 0 Å². The quantitative estimate of drug-likeness (QED) is 0.0261. The molecule has 414 valence electrons. The van der Waals surface area contributed by atoms with Gasteiger partial charge in [0, 0.05) is 19.3 Å². The minimum atomic E-state index is -0.780. The number of esters is 3. The maximum absolute atomic E-state index is 12.9. The van der Waals surface area contributed by atoms with E-state index in [0.717, 1.165) is 103 Å². The van der Waals surface area contributed by atoms with Crippen LogP contribution in [0.2, 0.25) is 0 Å². The molecule has 0 bridgehead atoms. The Bertz CT molecular complexity index is 1380. The fourth-order valence-corrected chi connectivity index (χ4v) is 8.56. The predicted octanol–water partition coefficient (Wildman–Crippen LogP) is 20.7. The molecule has 0 radical (unpaired) electrons. The van der Waals surface area contributed by atoms with Crippen molar-refractivity contribution in [3.8, 4) is 0 Å². The number of carbonyl (C=O) groups is 3. The van der Waals surface area contributed by atoms with Crippen LogP contribution >= 0.6 is 0 Å². The first kappa shape index (κ1) is 68.6. The third-order valence-electron chi connectivity index (χ3n) is 13.1. The lowest BCUT2D eigenvalue weighted by atomic mass is 10.1. The van der Waals surface area contributed by atoms with Gasteiger partial charge in [0.2, 0.25) is 0 Å². The summed E-state index contributed by atoms with van der Waals surface area (Å²) in [7, 11) is 0. The summed E-state index contributed by atoms with van der Waals surface area (Å²) in [6.45, 7) is 6.51. The molecule has 0 rings (SSSR count). The molecule has 0 amide bonds. The molecule has 1 atom stereocenters. The second kappa shape index (κ2) is 60.1. The van der Waals surface area contributed by atoms with Gasteiger partial charge in [0.05, 0.1) is 0 Å². The van der Waals surface area contributed by atoms with Gasteiger partial charge in [-0.25, -0.2) is 0 Å². The van der Waals surface area contributed by atoms with E-state index in [0.29, 0.717) is 19.3 Å². The molecule has 0 aromatic heterocycles. The summed E-state index contributed by atoms with van der Waals surface area (Å²) in [5.74, 6) is -0.885. The van der Waals surface area contributed by atoms with Crippen LogP contribution in [0.25, 0.3) is 0 Å². The Labute approximate surface area is 445 Å². The van der Waals surface area contributed by atoms with Gasteiger partial charge < -0.3 is 14.2 Å². The van der Waals surface area contributed by atoms with E-state index in [9.17, 15) is 14.4 Å². The van der Waals surface area contributed by atoms with Crippen LogP contribution in [0, 0.1) is 0 Å². The van der Waals surface area contributed by atoms with E-state index in [-0.39, 0.29) is 31.1 Å². The van der Waals surface area contributed by atoms with Crippen molar-refractivity contribution < 1.29 is 28.6 Å². The predicted molar refractivity (Wildman–Crippen MR) is 311 cm³/mol. The van der Waals surface area contributed by atoms with E-state index in [4.69, 9.17) is 14.2 Å². The third-order valence-corrected chi connectivity index (χ3v) is 13.1. The van der Waals surface area contributed by atoms with Gasteiger partial charge in [-0.3, -0.25) is 14.4 Å². The molecule has 0 aromatic carbocycles. The molecule has 0 aliphatic rings.